The van der Waals surface area contributed by atoms with Crippen LogP contribution in [-0.2, 0) is 7.05 Å². The van der Waals surface area contributed by atoms with Crippen molar-refractivity contribution in [3.63, 3.8) is 0 Å². The molecule has 1 amide bonds. The van der Waals surface area contributed by atoms with Gasteiger partial charge < -0.3 is 10.1 Å². The molecule has 0 atom stereocenters. The molecule has 132 valence electrons. The summed E-state index contributed by atoms with van der Waals surface area (Å²) < 4.78 is 7.18. The van der Waals surface area contributed by atoms with Crippen molar-refractivity contribution in [2.24, 2.45) is 7.05 Å². The van der Waals surface area contributed by atoms with E-state index < -0.39 is 10.8 Å². The second-order valence-electron chi connectivity index (χ2n) is 5.74. The van der Waals surface area contributed by atoms with Crippen LogP contribution in [-0.4, -0.2) is 20.6 Å². The van der Waals surface area contributed by atoms with E-state index in [2.05, 4.69) is 10.4 Å². The normalized spacial score (nSPS) is 10.4. The van der Waals surface area contributed by atoms with Crippen molar-refractivity contribution >= 4 is 17.3 Å². The minimum absolute atomic E-state index is 0.184. The third-order valence-corrected chi connectivity index (χ3v) is 3.58. The van der Waals surface area contributed by atoms with Gasteiger partial charge in [0.2, 0.25) is 0 Å². The van der Waals surface area contributed by atoms with Crippen molar-refractivity contribution in [3.8, 4) is 11.5 Å². The molecule has 2 aromatic carbocycles. The SMILES string of the molecule is Cc1ccc(Oc2cc(NC(=O)c3cnn(C)c3)cc([N+](=O)[O-])c2)cc1. The third kappa shape index (κ3) is 4.04. The van der Waals surface area contributed by atoms with Gasteiger partial charge in [-0.15, -0.1) is 0 Å². The largest absolute Gasteiger partial charge is 0.457 e. The lowest BCUT2D eigenvalue weighted by Crippen LogP contribution is -2.11. The van der Waals surface area contributed by atoms with E-state index in [0.29, 0.717) is 11.3 Å². The van der Waals surface area contributed by atoms with Gasteiger partial charge in [0.15, 0.2) is 0 Å². The number of aromatic nitrogens is 2. The number of hydrogen-bond donors (Lipinski definition) is 1. The lowest BCUT2D eigenvalue weighted by Gasteiger charge is -2.09. The summed E-state index contributed by atoms with van der Waals surface area (Å²) in [5.74, 6) is 0.380. The number of benzene rings is 2. The number of aryl methyl sites for hydroxylation is 2. The second kappa shape index (κ2) is 7.06. The van der Waals surface area contributed by atoms with Gasteiger partial charge in [0.25, 0.3) is 11.6 Å². The predicted molar refractivity (Wildman–Crippen MR) is 95.5 cm³/mol. The highest BCUT2D eigenvalue weighted by Crippen LogP contribution is 2.30. The highest BCUT2D eigenvalue weighted by Gasteiger charge is 2.14. The smallest absolute Gasteiger partial charge is 0.275 e. The Bertz CT molecular complexity index is 964. The molecule has 8 heteroatoms. The van der Waals surface area contributed by atoms with E-state index in [9.17, 15) is 14.9 Å². The fourth-order valence-corrected chi connectivity index (χ4v) is 2.30. The van der Waals surface area contributed by atoms with Gasteiger partial charge >= 0.3 is 0 Å². The summed E-state index contributed by atoms with van der Waals surface area (Å²) in [6, 6.07) is 11.4. The molecule has 0 aliphatic rings. The molecule has 0 fully saturated rings. The average molecular weight is 352 g/mol. The van der Waals surface area contributed by atoms with E-state index in [-0.39, 0.29) is 17.1 Å². The Hall–Kier alpha value is -3.68. The van der Waals surface area contributed by atoms with E-state index >= 15 is 0 Å². The molecule has 3 aromatic rings. The zero-order chi connectivity index (χ0) is 18.7. The maximum absolute atomic E-state index is 12.2. The Morgan fingerprint density at radius 2 is 1.92 bits per heavy atom. The lowest BCUT2D eigenvalue weighted by atomic mass is 10.2. The second-order valence-corrected chi connectivity index (χ2v) is 5.74. The van der Waals surface area contributed by atoms with Gasteiger partial charge in [0, 0.05) is 25.4 Å². The molecule has 8 nitrogen and oxygen atoms in total. The van der Waals surface area contributed by atoms with E-state index in [1.54, 1.807) is 25.4 Å². The third-order valence-electron chi connectivity index (χ3n) is 3.58. The minimum atomic E-state index is -0.540. The molecule has 0 radical (unpaired) electrons. The first-order valence-corrected chi connectivity index (χ1v) is 7.75. The molecule has 0 aliphatic heterocycles. The Morgan fingerprint density at radius 3 is 2.54 bits per heavy atom. The number of nitro groups is 1. The minimum Gasteiger partial charge on any atom is -0.457 e. The standard InChI is InChI=1S/C18H16N4O4/c1-12-3-5-16(6-4-12)26-17-8-14(7-15(9-17)22(24)25)20-18(23)13-10-19-21(2)11-13/h3-11H,1-2H3,(H,20,23). The van der Waals surface area contributed by atoms with Gasteiger partial charge in [-0.2, -0.15) is 5.10 Å². The number of non-ortho nitro benzene ring substituents is 1. The molecular weight excluding hydrogens is 336 g/mol. The molecule has 0 spiro atoms. The van der Waals surface area contributed by atoms with Gasteiger partial charge in [-0.1, -0.05) is 17.7 Å². The lowest BCUT2D eigenvalue weighted by molar-refractivity contribution is -0.384. The summed E-state index contributed by atoms with van der Waals surface area (Å²) in [6.45, 7) is 1.95. The van der Waals surface area contributed by atoms with Crippen LogP contribution in [0.3, 0.4) is 0 Å². The van der Waals surface area contributed by atoms with Crippen LogP contribution in [0.2, 0.25) is 0 Å². The first kappa shape index (κ1) is 17.2. The first-order chi connectivity index (χ1) is 12.4. The average Bonchev–Trinajstić information content (AvgIpc) is 3.03. The van der Waals surface area contributed by atoms with Gasteiger partial charge in [0.05, 0.1) is 28.4 Å². The maximum atomic E-state index is 12.2. The summed E-state index contributed by atoms with van der Waals surface area (Å²) in [4.78, 5) is 22.9. The molecule has 0 bridgehead atoms. The number of nitrogens with zero attached hydrogens (tertiary/aromatic N) is 3. The molecule has 26 heavy (non-hydrogen) atoms. The summed E-state index contributed by atoms with van der Waals surface area (Å²) in [5.41, 5.74) is 1.49. The number of nitro benzene ring substituents is 1. The van der Waals surface area contributed by atoms with Crippen LogP contribution in [0.1, 0.15) is 15.9 Å². The highest BCUT2D eigenvalue weighted by atomic mass is 16.6. The Balaban J connectivity index is 1.87. The van der Waals surface area contributed by atoms with Crippen molar-refractivity contribution in [1.29, 1.82) is 0 Å². The number of anilines is 1. The number of carbonyl (C=O) groups excluding carboxylic acids is 1. The van der Waals surface area contributed by atoms with Crippen LogP contribution in [0.4, 0.5) is 11.4 Å². The topological polar surface area (TPSA) is 99.3 Å². The molecule has 0 unspecified atom stereocenters. The molecule has 0 aliphatic carbocycles. The Labute approximate surface area is 149 Å². The van der Waals surface area contributed by atoms with E-state index in [4.69, 9.17) is 4.74 Å². The first-order valence-electron chi connectivity index (χ1n) is 7.75. The van der Waals surface area contributed by atoms with Crippen LogP contribution in [0.15, 0.2) is 54.9 Å². The van der Waals surface area contributed by atoms with Crippen LogP contribution in [0.25, 0.3) is 0 Å². The van der Waals surface area contributed by atoms with Crippen molar-refractivity contribution in [1.82, 2.24) is 9.78 Å². The highest BCUT2D eigenvalue weighted by molar-refractivity contribution is 6.04. The van der Waals surface area contributed by atoms with Gasteiger partial charge in [-0.25, -0.2) is 0 Å². The fourth-order valence-electron chi connectivity index (χ4n) is 2.30. The Morgan fingerprint density at radius 1 is 1.19 bits per heavy atom. The van der Waals surface area contributed by atoms with Gasteiger partial charge in [0.1, 0.15) is 11.5 Å². The summed E-state index contributed by atoms with van der Waals surface area (Å²) in [6.07, 6.45) is 2.97. The molecule has 1 aromatic heterocycles. The molecule has 1 heterocycles. The van der Waals surface area contributed by atoms with E-state index in [1.807, 2.05) is 19.1 Å². The summed E-state index contributed by atoms with van der Waals surface area (Å²) in [5, 5.41) is 17.7. The molecule has 1 N–H and O–H groups in total. The number of hydrogen-bond acceptors (Lipinski definition) is 5. The van der Waals surface area contributed by atoms with Gasteiger partial charge in [-0.3, -0.25) is 19.6 Å². The zero-order valence-corrected chi connectivity index (χ0v) is 14.2. The van der Waals surface area contributed by atoms with Crippen molar-refractivity contribution in [3.05, 3.63) is 76.1 Å². The molecular formula is C18H16N4O4. The molecule has 3 rings (SSSR count). The van der Waals surface area contributed by atoms with Crippen molar-refractivity contribution in [2.75, 3.05) is 5.32 Å². The molecule has 0 saturated heterocycles. The van der Waals surface area contributed by atoms with Gasteiger partial charge in [-0.05, 0) is 19.1 Å². The van der Waals surface area contributed by atoms with Crippen LogP contribution < -0.4 is 10.1 Å². The number of carbonyl (C=O) groups is 1. The number of ether oxygens (including phenoxy) is 1. The number of nitrogens with one attached hydrogen (secondary N) is 1. The van der Waals surface area contributed by atoms with Crippen LogP contribution >= 0.6 is 0 Å². The maximum Gasteiger partial charge on any atom is 0.275 e. The predicted octanol–water partition coefficient (Wildman–Crippen LogP) is 3.68. The van der Waals surface area contributed by atoms with E-state index in [1.165, 1.54) is 29.1 Å². The van der Waals surface area contributed by atoms with Crippen LogP contribution in [0.5, 0.6) is 11.5 Å². The van der Waals surface area contributed by atoms with E-state index in [0.717, 1.165) is 5.56 Å². The van der Waals surface area contributed by atoms with Crippen molar-refractivity contribution in [2.45, 2.75) is 6.92 Å². The summed E-state index contributed by atoms with van der Waals surface area (Å²) in [7, 11) is 1.69. The Kier molecular flexibility index (Phi) is 4.66. The van der Waals surface area contributed by atoms with Crippen LogP contribution in [0, 0.1) is 17.0 Å². The molecule has 0 saturated carbocycles. The monoisotopic (exact) mass is 352 g/mol. The quantitative estimate of drug-likeness (QED) is 0.558. The zero-order valence-electron chi connectivity index (χ0n) is 14.2. The fraction of sp³-hybridized carbons (Fsp3) is 0.111. The number of amides is 1. The van der Waals surface area contributed by atoms with Crippen molar-refractivity contribution < 1.29 is 14.5 Å². The summed E-state index contributed by atoms with van der Waals surface area (Å²) >= 11 is 0. The number of rotatable bonds is 5.